The molecule has 0 aromatic carbocycles. The molecule has 22 heavy (non-hydrogen) atoms. The minimum atomic E-state index is -3.70. The summed E-state index contributed by atoms with van der Waals surface area (Å²) >= 11 is 1.09. The largest absolute Gasteiger partial charge is 0.465 e. The summed E-state index contributed by atoms with van der Waals surface area (Å²) < 4.78 is 32.2. The number of hydrogen-bond acceptors (Lipinski definition) is 6. The first-order valence-corrected chi connectivity index (χ1v) is 9.68. The summed E-state index contributed by atoms with van der Waals surface area (Å²) in [7, 11) is -2.45. The zero-order chi connectivity index (χ0) is 16.2. The molecule has 0 bridgehead atoms. The minimum absolute atomic E-state index is 0.0473. The second-order valence-corrected chi connectivity index (χ2v) is 8.05. The number of piperidine rings is 1. The fraction of sp³-hybridized carbons (Fsp3) is 0.643. The number of aryl methyl sites for hydroxylation is 1. The highest BCUT2D eigenvalue weighted by atomic mass is 32.2. The van der Waals surface area contributed by atoms with Gasteiger partial charge in [-0.1, -0.05) is 0 Å². The number of ether oxygens (including phenoxy) is 1. The number of rotatable bonds is 6. The van der Waals surface area contributed by atoms with Crippen molar-refractivity contribution < 1.29 is 17.9 Å². The maximum Gasteiger partial charge on any atom is 0.349 e. The molecule has 1 fully saturated rings. The Morgan fingerprint density at radius 3 is 2.95 bits per heavy atom. The zero-order valence-corrected chi connectivity index (χ0v) is 14.5. The maximum atomic E-state index is 12.5. The Kier molecular flexibility index (Phi) is 5.96. The Morgan fingerprint density at radius 2 is 2.32 bits per heavy atom. The van der Waals surface area contributed by atoms with Gasteiger partial charge in [0.2, 0.25) is 10.0 Å². The second-order valence-electron chi connectivity index (χ2n) is 5.47. The molecular weight excluding hydrogens is 324 g/mol. The molecule has 1 atom stereocenters. The number of methoxy groups -OCH3 is 1. The molecule has 1 aliphatic rings. The average Bonchev–Trinajstić information content (AvgIpc) is 2.90. The quantitative estimate of drug-likeness (QED) is 0.763. The second kappa shape index (κ2) is 7.54. The van der Waals surface area contributed by atoms with E-state index in [1.807, 2.05) is 0 Å². The summed E-state index contributed by atoms with van der Waals surface area (Å²) in [5.74, 6) is -0.116. The number of esters is 1. The van der Waals surface area contributed by atoms with Gasteiger partial charge in [0.15, 0.2) is 0 Å². The fourth-order valence-electron chi connectivity index (χ4n) is 2.64. The highest BCUT2D eigenvalue weighted by Crippen LogP contribution is 2.27. The summed E-state index contributed by atoms with van der Waals surface area (Å²) in [6, 6.07) is 0. The van der Waals surface area contributed by atoms with Crippen LogP contribution in [0.25, 0.3) is 0 Å². The van der Waals surface area contributed by atoms with E-state index < -0.39 is 16.0 Å². The van der Waals surface area contributed by atoms with Crippen molar-refractivity contribution in [1.29, 1.82) is 0 Å². The van der Waals surface area contributed by atoms with Gasteiger partial charge in [0.05, 0.1) is 7.11 Å². The summed E-state index contributed by atoms with van der Waals surface area (Å²) in [5, 5.41) is 4.97. The highest BCUT2D eigenvalue weighted by molar-refractivity contribution is 7.89. The third-order valence-corrected chi connectivity index (χ3v) is 6.66. The van der Waals surface area contributed by atoms with Crippen LogP contribution in [0.4, 0.5) is 0 Å². The van der Waals surface area contributed by atoms with Gasteiger partial charge in [-0.15, -0.1) is 11.3 Å². The summed E-state index contributed by atoms with van der Waals surface area (Å²) in [6.45, 7) is 4.04. The van der Waals surface area contributed by atoms with Gasteiger partial charge in [0.1, 0.15) is 9.77 Å². The molecule has 8 heteroatoms. The Labute approximate surface area is 135 Å². The minimum Gasteiger partial charge on any atom is -0.465 e. The van der Waals surface area contributed by atoms with Crippen LogP contribution in [0.1, 0.15) is 34.5 Å². The van der Waals surface area contributed by atoms with Crippen LogP contribution in [-0.2, 0) is 14.8 Å². The molecule has 0 radical (unpaired) electrons. The first-order chi connectivity index (χ1) is 10.5. The van der Waals surface area contributed by atoms with Gasteiger partial charge in [-0.05, 0) is 56.1 Å². The van der Waals surface area contributed by atoms with Crippen LogP contribution in [-0.4, -0.2) is 41.1 Å². The van der Waals surface area contributed by atoms with E-state index in [-0.39, 0.29) is 9.77 Å². The van der Waals surface area contributed by atoms with Crippen LogP contribution in [0.5, 0.6) is 0 Å². The fourth-order valence-corrected chi connectivity index (χ4v) is 5.39. The summed E-state index contributed by atoms with van der Waals surface area (Å²) in [6.07, 6.45) is 3.05. The molecule has 1 aromatic heterocycles. The van der Waals surface area contributed by atoms with E-state index in [0.29, 0.717) is 18.0 Å². The third-order valence-electron chi connectivity index (χ3n) is 3.80. The van der Waals surface area contributed by atoms with E-state index >= 15 is 0 Å². The van der Waals surface area contributed by atoms with Crippen LogP contribution in [0.3, 0.4) is 0 Å². The normalized spacial score (nSPS) is 19.1. The lowest BCUT2D eigenvalue weighted by Gasteiger charge is -2.22. The topological polar surface area (TPSA) is 84.5 Å². The van der Waals surface area contributed by atoms with Gasteiger partial charge in [-0.25, -0.2) is 17.9 Å². The van der Waals surface area contributed by atoms with E-state index in [4.69, 9.17) is 0 Å². The first kappa shape index (κ1) is 17.4. The Hall–Kier alpha value is -0.960. The van der Waals surface area contributed by atoms with E-state index in [1.54, 1.807) is 12.3 Å². The van der Waals surface area contributed by atoms with Gasteiger partial charge in [-0.2, -0.15) is 0 Å². The average molecular weight is 346 g/mol. The molecule has 2 rings (SSSR count). The van der Waals surface area contributed by atoms with Crippen molar-refractivity contribution in [2.75, 3.05) is 26.7 Å². The van der Waals surface area contributed by atoms with Crippen molar-refractivity contribution in [2.24, 2.45) is 5.92 Å². The monoisotopic (exact) mass is 346 g/mol. The van der Waals surface area contributed by atoms with E-state index in [9.17, 15) is 13.2 Å². The number of hydrogen-bond donors (Lipinski definition) is 2. The standard InChI is InChI=1S/C14H22N2O4S2/c1-10-9-21-12(14(17)20-2)13(10)22(18,19)16-7-5-11-4-3-6-15-8-11/h9,11,15-16H,3-8H2,1-2H3. The number of sulfonamides is 1. The van der Waals surface area contributed by atoms with Crippen molar-refractivity contribution in [1.82, 2.24) is 10.0 Å². The lowest BCUT2D eigenvalue weighted by molar-refractivity contribution is 0.0602. The molecule has 1 aromatic rings. The highest BCUT2D eigenvalue weighted by Gasteiger charge is 2.27. The summed E-state index contributed by atoms with van der Waals surface area (Å²) in [5.41, 5.74) is 0.567. The van der Waals surface area contributed by atoms with Gasteiger partial charge in [0, 0.05) is 6.54 Å². The predicted molar refractivity (Wildman–Crippen MR) is 85.8 cm³/mol. The van der Waals surface area contributed by atoms with Gasteiger partial charge >= 0.3 is 5.97 Å². The summed E-state index contributed by atoms with van der Waals surface area (Å²) in [4.78, 5) is 11.9. The lowest BCUT2D eigenvalue weighted by Crippen LogP contribution is -2.33. The molecule has 6 nitrogen and oxygen atoms in total. The molecule has 0 saturated carbocycles. The van der Waals surface area contributed by atoms with E-state index in [2.05, 4.69) is 14.8 Å². The lowest BCUT2D eigenvalue weighted by atomic mass is 9.96. The van der Waals surface area contributed by atoms with E-state index in [1.165, 1.54) is 7.11 Å². The Bertz CT molecular complexity index is 619. The smallest absolute Gasteiger partial charge is 0.349 e. The first-order valence-electron chi connectivity index (χ1n) is 7.32. The van der Waals surface area contributed by atoms with Crippen molar-refractivity contribution in [3.63, 3.8) is 0 Å². The van der Waals surface area contributed by atoms with Crippen molar-refractivity contribution >= 4 is 27.3 Å². The van der Waals surface area contributed by atoms with Gasteiger partial charge < -0.3 is 10.1 Å². The van der Waals surface area contributed by atoms with Gasteiger partial charge in [-0.3, -0.25) is 0 Å². The SMILES string of the molecule is COC(=O)c1scc(C)c1S(=O)(=O)NCCC1CCCNC1. The zero-order valence-electron chi connectivity index (χ0n) is 12.8. The molecular formula is C14H22N2O4S2. The van der Waals surface area contributed by atoms with Crippen molar-refractivity contribution in [3.05, 3.63) is 15.8 Å². The van der Waals surface area contributed by atoms with Crippen LogP contribution < -0.4 is 10.0 Å². The molecule has 1 aliphatic heterocycles. The number of carbonyl (C=O) groups is 1. The number of thiophene rings is 1. The Morgan fingerprint density at radius 1 is 1.55 bits per heavy atom. The number of carbonyl (C=O) groups excluding carboxylic acids is 1. The van der Waals surface area contributed by atoms with Crippen LogP contribution >= 0.6 is 11.3 Å². The van der Waals surface area contributed by atoms with Crippen LogP contribution in [0.2, 0.25) is 0 Å². The number of nitrogens with one attached hydrogen (secondary N) is 2. The molecule has 0 spiro atoms. The molecule has 2 N–H and O–H groups in total. The maximum absolute atomic E-state index is 12.5. The molecule has 2 heterocycles. The molecule has 0 aliphatic carbocycles. The predicted octanol–water partition coefficient (Wildman–Crippen LogP) is 1.51. The molecule has 1 saturated heterocycles. The van der Waals surface area contributed by atoms with Crippen LogP contribution in [0.15, 0.2) is 10.3 Å². The van der Waals surface area contributed by atoms with Crippen molar-refractivity contribution in [2.45, 2.75) is 31.1 Å². The van der Waals surface area contributed by atoms with Crippen LogP contribution in [0, 0.1) is 12.8 Å². The van der Waals surface area contributed by atoms with Gasteiger partial charge in [0.25, 0.3) is 0 Å². The van der Waals surface area contributed by atoms with E-state index in [0.717, 1.165) is 43.7 Å². The molecule has 1 unspecified atom stereocenters. The van der Waals surface area contributed by atoms with Crippen molar-refractivity contribution in [3.8, 4) is 0 Å². The Balaban J connectivity index is 2.03. The third kappa shape index (κ3) is 4.07. The molecule has 0 amide bonds. The molecule has 124 valence electrons.